The summed E-state index contributed by atoms with van der Waals surface area (Å²) < 4.78 is 4.27. The normalized spacial score (nSPS) is 11.7. The lowest BCUT2D eigenvalue weighted by atomic mass is 10.1. The largest absolute Gasteiger partial charge is 0.352 e. The number of fused-ring (bicyclic) bond motifs is 3. The van der Waals surface area contributed by atoms with Gasteiger partial charge in [0.1, 0.15) is 0 Å². The van der Waals surface area contributed by atoms with Crippen LogP contribution >= 0.6 is 11.6 Å². The molecule has 2 heterocycles. The molecular formula is C25H28ClN5O3. The van der Waals surface area contributed by atoms with Gasteiger partial charge in [-0.3, -0.25) is 14.2 Å². The number of carbonyl (C=O) groups excluding carboxylic acids is 1. The summed E-state index contributed by atoms with van der Waals surface area (Å²) in [4.78, 5) is 39.6. The van der Waals surface area contributed by atoms with Crippen LogP contribution in [-0.4, -0.2) is 30.7 Å². The Kier molecular flexibility index (Phi) is 6.61. The number of hydrogen-bond acceptors (Lipinski definition) is 4. The van der Waals surface area contributed by atoms with E-state index in [1.165, 1.54) is 9.08 Å². The zero-order valence-corrected chi connectivity index (χ0v) is 20.5. The zero-order chi connectivity index (χ0) is 24.6. The minimum absolute atomic E-state index is 0.0478. The molecule has 0 atom stereocenters. The van der Waals surface area contributed by atoms with E-state index < -0.39 is 5.69 Å². The SMILES string of the molecule is CC(C)CCn1c(=O)c2ccc(C(=O)NC(C)C)cc2n2c(=O)n(Cc3ccccc3Cl)nc12. The first-order chi connectivity index (χ1) is 16.2. The first kappa shape index (κ1) is 23.8. The van der Waals surface area contributed by atoms with E-state index in [9.17, 15) is 14.4 Å². The number of aryl methyl sites for hydroxylation is 1. The maximum absolute atomic E-state index is 13.5. The molecular weight excluding hydrogens is 454 g/mol. The van der Waals surface area contributed by atoms with E-state index >= 15 is 0 Å². The minimum atomic E-state index is -0.403. The number of hydrogen-bond donors (Lipinski definition) is 1. The number of amides is 1. The molecule has 0 radical (unpaired) electrons. The van der Waals surface area contributed by atoms with Crippen LogP contribution in [0.3, 0.4) is 0 Å². The van der Waals surface area contributed by atoms with Gasteiger partial charge < -0.3 is 5.32 Å². The lowest BCUT2D eigenvalue weighted by Crippen LogP contribution is -2.30. The molecule has 2 aromatic carbocycles. The van der Waals surface area contributed by atoms with Gasteiger partial charge in [0.25, 0.3) is 11.5 Å². The predicted octanol–water partition coefficient (Wildman–Crippen LogP) is 3.70. The van der Waals surface area contributed by atoms with Gasteiger partial charge in [0.05, 0.1) is 17.4 Å². The van der Waals surface area contributed by atoms with Gasteiger partial charge in [-0.2, -0.15) is 0 Å². The van der Waals surface area contributed by atoms with Crippen LogP contribution in [0.2, 0.25) is 5.02 Å². The number of rotatable bonds is 7. The Bertz CT molecular complexity index is 1500. The molecule has 0 saturated heterocycles. The van der Waals surface area contributed by atoms with E-state index in [4.69, 9.17) is 11.6 Å². The Morgan fingerprint density at radius 1 is 1.09 bits per heavy atom. The fourth-order valence-electron chi connectivity index (χ4n) is 3.88. The highest BCUT2D eigenvalue weighted by Gasteiger charge is 2.20. The fourth-order valence-corrected chi connectivity index (χ4v) is 4.08. The third kappa shape index (κ3) is 4.50. The van der Waals surface area contributed by atoms with Crippen molar-refractivity contribution < 1.29 is 4.79 Å². The van der Waals surface area contributed by atoms with Crippen molar-refractivity contribution in [2.45, 2.75) is 53.2 Å². The molecule has 0 bridgehead atoms. The van der Waals surface area contributed by atoms with Crippen molar-refractivity contribution in [3.8, 4) is 0 Å². The summed E-state index contributed by atoms with van der Waals surface area (Å²) in [5.74, 6) is 0.337. The second-order valence-corrected chi connectivity index (χ2v) is 9.57. The highest BCUT2D eigenvalue weighted by atomic mass is 35.5. The highest BCUT2D eigenvalue weighted by molar-refractivity contribution is 6.31. The molecule has 1 amide bonds. The Hall–Kier alpha value is -3.39. The molecule has 178 valence electrons. The van der Waals surface area contributed by atoms with E-state index in [0.717, 1.165) is 12.0 Å². The summed E-state index contributed by atoms with van der Waals surface area (Å²) >= 11 is 6.31. The molecule has 0 aliphatic rings. The molecule has 8 nitrogen and oxygen atoms in total. The monoisotopic (exact) mass is 481 g/mol. The second-order valence-electron chi connectivity index (χ2n) is 9.17. The van der Waals surface area contributed by atoms with E-state index in [-0.39, 0.29) is 29.8 Å². The Morgan fingerprint density at radius 3 is 2.50 bits per heavy atom. The zero-order valence-electron chi connectivity index (χ0n) is 19.7. The lowest BCUT2D eigenvalue weighted by molar-refractivity contribution is 0.0943. The molecule has 4 rings (SSSR count). The average Bonchev–Trinajstić information content (AvgIpc) is 3.10. The van der Waals surface area contributed by atoms with Gasteiger partial charge in [-0.1, -0.05) is 43.6 Å². The van der Waals surface area contributed by atoms with Crippen molar-refractivity contribution in [3.05, 3.63) is 79.5 Å². The third-order valence-electron chi connectivity index (χ3n) is 5.67. The predicted molar refractivity (Wildman–Crippen MR) is 134 cm³/mol. The van der Waals surface area contributed by atoms with Gasteiger partial charge in [0.15, 0.2) is 0 Å². The van der Waals surface area contributed by atoms with Crippen molar-refractivity contribution in [3.63, 3.8) is 0 Å². The maximum atomic E-state index is 13.5. The Labute approximate surface area is 201 Å². The number of carbonyl (C=O) groups is 1. The number of benzene rings is 2. The molecule has 0 spiro atoms. The van der Waals surface area contributed by atoms with Crippen molar-refractivity contribution in [2.24, 2.45) is 5.92 Å². The molecule has 0 unspecified atom stereocenters. The van der Waals surface area contributed by atoms with Crippen LogP contribution in [-0.2, 0) is 13.1 Å². The van der Waals surface area contributed by atoms with E-state index in [1.54, 1.807) is 28.8 Å². The first-order valence-electron chi connectivity index (χ1n) is 11.4. The summed E-state index contributed by atoms with van der Waals surface area (Å²) in [6, 6.07) is 12.0. The van der Waals surface area contributed by atoms with Crippen molar-refractivity contribution in [1.29, 1.82) is 0 Å². The topological polar surface area (TPSA) is 90.4 Å². The Balaban J connectivity index is 1.97. The molecule has 1 N–H and O–H groups in total. The van der Waals surface area contributed by atoms with Gasteiger partial charge in [0, 0.05) is 23.2 Å². The van der Waals surface area contributed by atoms with Crippen molar-refractivity contribution >= 4 is 34.2 Å². The van der Waals surface area contributed by atoms with Crippen LogP contribution in [0, 0.1) is 5.92 Å². The van der Waals surface area contributed by atoms with Gasteiger partial charge in [-0.05, 0) is 56.0 Å². The number of nitrogens with zero attached hydrogens (tertiary/aromatic N) is 4. The summed E-state index contributed by atoms with van der Waals surface area (Å²) in [6.45, 7) is 8.47. The van der Waals surface area contributed by atoms with Gasteiger partial charge in [-0.25, -0.2) is 13.9 Å². The lowest BCUT2D eigenvalue weighted by Gasteiger charge is -2.12. The Morgan fingerprint density at radius 2 is 1.82 bits per heavy atom. The van der Waals surface area contributed by atoms with Crippen LogP contribution in [0.1, 0.15) is 50.0 Å². The molecule has 9 heteroatoms. The van der Waals surface area contributed by atoms with Gasteiger partial charge in [-0.15, -0.1) is 5.10 Å². The smallest absolute Gasteiger partial charge is 0.350 e. The van der Waals surface area contributed by atoms with Crippen molar-refractivity contribution in [2.75, 3.05) is 0 Å². The molecule has 0 saturated carbocycles. The number of nitrogens with one attached hydrogen (secondary N) is 1. The fraction of sp³-hybridized carbons (Fsp3) is 0.360. The summed E-state index contributed by atoms with van der Waals surface area (Å²) in [5, 5.41) is 8.26. The molecule has 2 aromatic heterocycles. The molecule has 0 aliphatic heterocycles. The summed E-state index contributed by atoms with van der Waals surface area (Å²) in [6.07, 6.45) is 0.752. The van der Waals surface area contributed by atoms with Crippen LogP contribution in [0.25, 0.3) is 16.7 Å². The first-order valence-corrected chi connectivity index (χ1v) is 11.8. The van der Waals surface area contributed by atoms with Gasteiger partial charge in [0.2, 0.25) is 5.78 Å². The van der Waals surface area contributed by atoms with Crippen LogP contribution in [0.4, 0.5) is 0 Å². The van der Waals surface area contributed by atoms with Gasteiger partial charge >= 0.3 is 5.69 Å². The maximum Gasteiger partial charge on any atom is 0.352 e. The quantitative estimate of drug-likeness (QED) is 0.436. The molecule has 4 aromatic rings. The molecule has 34 heavy (non-hydrogen) atoms. The van der Waals surface area contributed by atoms with E-state index in [0.29, 0.717) is 34.0 Å². The van der Waals surface area contributed by atoms with Crippen molar-refractivity contribution in [1.82, 2.24) is 24.1 Å². The summed E-state index contributed by atoms with van der Waals surface area (Å²) in [7, 11) is 0. The number of aromatic nitrogens is 4. The van der Waals surface area contributed by atoms with Crippen LogP contribution in [0.5, 0.6) is 0 Å². The standard InChI is InChI=1S/C25H28ClN5O3/c1-15(2)11-12-29-23(33)19-10-9-17(22(32)27-16(3)4)13-21(19)31-24(29)28-30(25(31)34)14-18-7-5-6-8-20(18)26/h5-10,13,15-16H,11-12,14H2,1-4H3,(H,27,32). The average molecular weight is 482 g/mol. The van der Waals surface area contributed by atoms with Crippen LogP contribution in [0.15, 0.2) is 52.1 Å². The second kappa shape index (κ2) is 9.46. The van der Waals surface area contributed by atoms with E-state index in [2.05, 4.69) is 24.3 Å². The highest BCUT2D eigenvalue weighted by Crippen LogP contribution is 2.18. The summed E-state index contributed by atoms with van der Waals surface area (Å²) in [5.41, 5.74) is 0.820. The minimum Gasteiger partial charge on any atom is -0.350 e. The number of halogens is 1. The third-order valence-corrected chi connectivity index (χ3v) is 6.04. The van der Waals surface area contributed by atoms with Crippen LogP contribution < -0.4 is 16.6 Å². The molecule has 0 fully saturated rings. The molecule has 0 aliphatic carbocycles. The van der Waals surface area contributed by atoms with E-state index in [1.807, 2.05) is 32.0 Å².